The van der Waals surface area contributed by atoms with Crippen molar-refractivity contribution in [3.05, 3.63) is 21.3 Å². The van der Waals surface area contributed by atoms with Crippen molar-refractivity contribution in [3.8, 4) is 0 Å². The quantitative estimate of drug-likeness (QED) is 0.727. The maximum atomic E-state index is 6.00. The molecule has 1 aliphatic carbocycles. The van der Waals surface area contributed by atoms with Crippen LogP contribution in [0.1, 0.15) is 18.4 Å². The average molecular weight is 202 g/mol. The van der Waals surface area contributed by atoms with Crippen LogP contribution in [0.5, 0.6) is 0 Å². The van der Waals surface area contributed by atoms with Crippen LogP contribution in [0.15, 0.2) is 11.4 Å². The zero-order chi connectivity index (χ0) is 8.55. The molecule has 1 aliphatic rings. The van der Waals surface area contributed by atoms with Crippen LogP contribution in [-0.4, -0.2) is 18.0 Å². The largest absolute Gasteiger partial charge is 0.299 e. The zero-order valence-corrected chi connectivity index (χ0v) is 8.66. The second-order valence-electron chi connectivity index (χ2n) is 3.37. The summed E-state index contributed by atoms with van der Waals surface area (Å²) in [5.74, 6) is 0. The van der Waals surface area contributed by atoms with Crippen molar-refractivity contribution in [1.82, 2.24) is 4.90 Å². The first-order valence-electron chi connectivity index (χ1n) is 4.19. The molecule has 0 saturated heterocycles. The van der Waals surface area contributed by atoms with E-state index in [-0.39, 0.29) is 0 Å². The number of rotatable bonds is 3. The highest BCUT2D eigenvalue weighted by Crippen LogP contribution is 2.29. The van der Waals surface area contributed by atoms with Gasteiger partial charge in [-0.15, -0.1) is 11.3 Å². The van der Waals surface area contributed by atoms with E-state index in [1.807, 2.05) is 0 Å². The molecule has 0 N–H and O–H groups in total. The number of nitrogens with zero attached hydrogens (tertiary/aromatic N) is 1. The average Bonchev–Trinajstić information content (AvgIpc) is 2.80. The third kappa shape index (κ3) is 1.82. The fourth-order valence-corrected chi connectivity index (χ4v) is 2.26. The molecule has 1 saturated carbocycles. The zero-order valence-electron chi connectivity index (χ0n) is 7.09. The van der Waals surface area contributed by atoms with E-state index in [0.29, 0.717) is 0 Å². The highest BCUT2D eigenvalue weighted by atomic mass is 35.5. The standard InChI is InChI=1S/C9H12ClNS/c1-11(8-2-3-8)6-7-4-5-12-9(7)10/h4-5,8H,2-3,6H2,1H3. The Morgan fingerprint density at radius 2 is 2.42 bits per heavy atom. The van der Waals surface area contributed by atoms with Crippen LogP contribution in [-0.2, 0) is 6.54 Å². The summed E-state index contributed by atoms with van der Waals surface area (Å²) in [6.07, 6.45) is 2.72. The minimum atomic E-state index is 0.820. The summed E-state index contributed by atoms with van der Waals surface area (Å²) in [7, 11) is 2.17. The van der Waals surface area contributed by atoms with E-state index in [0.717, 1.165) is 16.9 Å². The fraction of sp³-hybridized carbons (Fsp3) is 0.556. The Morgan fingerprint density at radius 3 is 2.92 bits per heavy atom. The summed E-state index contributed by atoms with van der Waals surface area (Å²) < 4.78 is 0.947. The molecular weight excluding hydrogens is 190 g/mol. The molecule has 2 rings (SSSR count). The first-order chi connectivity index (χ1) is 5.77. The van der Waals surface area contributed by atoms with Gasteiger partial charge in [-0.1, -0.05) is 11.6 Å². The van der Waals surface area contributed by atoms with E-state index in [1.54, 1.807) is 11.3 Å². The van der Waals surface area contributed by atoms with Gasteiger partial charge in [0.1, 0.15) is 0 Å². The van der Waals surface area contributed by atoms with Crippen LogP contribution in [0.4, 0.5) is 0 Å². The molecule has 0 bridgehead atoms. The molecule has 1 heterocycles. The molecule has 1 fully saturated rings. The molecule has 1 nitrogen and oxygen atoms in total. The van der Waals surface area contributed by atoms with Gasteiger partial charge >= 0.3 is 0 Å². The molecule has 3 heteroatoms. The number of hydrogen-bond acceptors (Lipinski definition) is 2. The maximum absolute atomic E-state index is 6.00. The summed E-state index contributed by atoms with van der Waals surface area (Å²) in [6, 6.07) is 2.94. The monoisotopic (exact) mass is 201 g/mol. The van der Waals surface area contributed by atoms with Gasteiger partial charge in [0.2, 0.25) is 0 Å². The lowest BCUT2D eigenvalue weighted by molar-refractivity contribution is 0.317. The molecule has 0 aliphatic heterocycles. The van der Waals surface area contributed by atoms with E-state index in [4.69, 9.17) is 11.6 Å². The summed E-state index contributed by atoms with van der Waals surface area (Å²) in [5.41, 5.74) is 1.27. The Hall–Kier alpha value is -0.0500. The van der Waals surface area contributed by atoms with Gasteiger partial charge in [0.15, 0.2) is 0 Å². The van der Waals surface area contributed by atoms with Crippen LogP contribution in [0, 0.1) is 0 Å². The van der Waals surface area contributed by atoms with Gasteiger partial charge in [-0.05, 0) is 36.9 Å². The second kappa shape index (κ2) is 3.36. The molecule has 0 amide bonds. The Bertz CT molecular complexity index is 267. The van der Waals surface area contributed by atoms with Crippen molar-refractivity contribution >= 4 is 22.9 Å². The predicted octanol–water partition coefficient (Wildman–Crippen LogP) is 3.00. The molecule has 0 spiro atoms. The van der Waals surface area contributed by atoms with Gasteiger partial charge in [0.05, 0.1) is 4.34 Å². The second-order valence-corrected chi connectivity index (χ2v) is 4.88. The highest BCUT2D eigenvalue weighted by Gasteiger charge is 2.26. The summed E-state index contributed by atoms with van der Waals surface area (Å²) in [4.78, 5) is 2.38. The summed E-state index contributed by atoms with van der Waals surface area (Å²) >= 11 is 7.62. The molecule has 0 radical (unpaired) electrons. The normalized spacial score (nSPS) is 17.2. The summed E-state index contributed by atoms with van der Waals surface area (Å²) in [5, 5.41) is 2.05. The van der Waals surface area contributed by atoms with E-state index in [9.17, 15) is 0 Å². The molecule has 0 aromatic carbocycles. The lowest BCUT2D eigenvalue weighted by Crippen LogP contribution is -2.19. The lowest BCUT2D eigenvalue weighted by atomic mass is 10.3. The third-order valence-electron chi connectivity index (χ3n) is 2.28. The molecule has 1 aromatic heterocycles. The number of hydrogen-bond donors (Lipinski definition) is 0. The lowest BCUT2D eigenvalue weighted by Gasteiger charge is -2.14. The Morgan fingerprint density at radius 1 is 1.67 bits per heavy atom. The number of thiophene rings is 1. The fourth-order valence-electron chi connectivity index (χ4n) is 1.35. The van der Waals surface area contributed by atoms with Crippen molar-refractivity contribution in [2.45, 2.75) is 25.4 Å². The Labute approximate surface area is 82.0 Å². The predicted molar refractivity (Wildman–Crippen MR) is 53.8 cm³/mol. The van der Waals surface area contributed by atoms with Gasteiger partial charge < -0.3 is 0 Å². The van der Waals surface area contributed by atoms with E-state index < -0.39 is 0 Å². The van der Waals surface area contributed by atoms with E-state index in [1.165, 1.54) is 18.4 Å². The van der Waals surface area contributed by atoms with Crippen molar-refractivity contribution in [3.63, 3.8) is 0 Å². The molecular formula is C9H12ClNS. The smallest absolute Gasteiger partial charge is 0.0973 e. The minimum absolute atomic E-state index is 0.820. The van der Waals surface area contributed by atoms with Gasteiger partial charge in [-0.2, -0.15) is 0 Å². The third-order valence-corrected chi connectivity index (χ3v) is 3.53. The van der Waals surface area contributed by atoms with Crippen LogP contribution in [0.3, 0.4) is 0 Å². The van der Waals surface area contributed by atoms with E-state index >= 15 is 0 Å². The molecule has 1 aromatic rings. The molecule has 66 valence electrons. The van der Waals surface area contributed by atoms with Crippen LogP contribution in [0.25, 0.3) is 0 Å². The Balaban J connectivity index is 1.97. The van der Waals surface area contributed by atoms with E-state index in [2.05, 4.69) is 23.4 Å². The molecule has 12 heavy (non-hydrogen) atoms. The maximum Gasteiger partial charge on any atom is 0.0973 e. The number of halogens is 1. The minimum Gasteiger partial charge on any atom is -0.299 e. The summed E-state index contributed by atoms with van der Waals surface area (Å²) in [6.45, 7) is 1.01. The van der Waals surface area contributed by atoms with Gasteiger partial charge in [-0.25, -0.2) is 0 Å². The highest BCUT2D eigenvalue weighted by molar-refractivity contribution is 7.14. The van der Waals surface area contributed by atoms with Crippen molar-refractivity contribution in [2.24, 2.45) is 0 Å². The van der Waals surface area contributed by atoms with Crippen LogP contribution >= 0.6 is 22.9 Å². The van der Waals surface area contributed by atoms with Crippen molar-refractivity contribution in [2.75, 3.05) is 7.05 Å². The first-order valence-corrected chi connectivity index (χ1v) is 5.45. The first kappa shape index (κ1) is 8.54. The van der Waals surface area contributed by atoms with Gasteiger partial charge in [0, 0.05) is 12.6 Å². The van der Waals surface area contributed by atoms with Crippen molar-refractivity contribution < 1.29 is 0 Å². The van der Waals surface area contributed by atoms with Gasteiger partial charge in [-0.3, -0.25) is 4.90 Å². The Kier molecular flexibility index (Phi) is 2.40. The van der Waals surface area contributed by atoms with Gasteiger partial charge in [0.25, 0.3) is 0 Å². The SMILES string of the molecule is CN(Cc1ccsc1Cl)C1CC1. The van der Waals surface area contributed by atoms with Crippen LogP contribution < -0.4 is 0 Å². The molecule has 0 unspecified atom stereocenters. The topological polar surface area (TPSA) is 3.24 Å². The molecule has 0 atom stereocenters. The van der Waals surface area contributed by atoms with Crippen molar-refractivity contribution in [1.29, 1.82) is 0 Å². The van der Waals surface area contributed by atoms with Crippen LogP contribution in [0.2, 0.25) is 4.34 Å².